The Morgan fingerprint density at radius 2 is 1.92 bits per heavy atom. The van der Waals surface area contributed by atoms with Crippen molar-refractivity contribution in [2.24, 2.45) is 0 Å². The number of benzene rings is 1. The van der Waals surface area contributed by atoms with Crippen molar-refractivity contribution in [3.8, 4) is 0 Å². The molecular formula is C11H14Sn. The van der Waals surface area contributed by atoms with Crippen molar-refractivity contribution in [3.05, 3.63) is 42.0 Å². The van der Waals surface area contributed by atoms with E-state index in [2.05, 4.69) is 50.3 Å². The standard InChI is InChI=1S/C6H5.C5H9.Sn/c1-2-4-6-5-3-1;1-4-5(2)3;/h1-5H;4H,1H2,2-3H3;. The molecule has 1 aromatic carbocycles. The SMILES string of the molecule is CC(C)=C[CH2][Sn][c]1ccccc1. The van der Waals surface area contributed by atoms with E-state index in [1.54, 1.807) is 3.58 Å². The van der Waals surface area contributed by atoms with Gasteiger partial charge in [0.1, 0.15) is 0 Å². The topological polar surface area (TPSA) is 0 Å². The molecule has 1 rings (SSSR count). The van der Waals surface area contributed by atoms with Crippen molar-refractivity contribution in [1.29, 1.82) is 0 Å². The fourth-order valence-corrected chi connectivity index (χ4v) is 4.28. The minimum absolute atomic E-state index is 0.297. The van der Waals surface area contributed by atoms with Crippen LogP contribution >= 0.6 is 0 Å². The molecule has 0 heterocycles. The molecule has 0 saturated heterocycles. The molecule has 62 valence electrons. The van der Waals surface area contributed by atoms with Gasteiger partial charge in [-0.1, -0.05) is 0 Å². The molecule has 0 bridgehead atoms. The van der Waals surface area contributed by atoms with Gasteiger partial charge in [0, 0.05) is 0 Å². The molecule has 0 aliphatic carbocycles. The summed E-state index contributed by atoms with van der Waals surface area (Å²) < 4.78 is 2.92. The van der Waals surface area contributed by atoms with Gasteiger partial charge in [-0.25, -0.2) is 0 Å². The fourth-order valence-electron chi connectivity index (χ4n) is 0.929. The van der Waals surface area contributed by atoms with Crippen molar-refractivity contribution in [3.63, 3.8) is 0 Å². The van der Waals surface area contributed by atoms with Gasteiger partial charge in [0.05, 0.1) is 0 Å². The first-order valence-electron chi connectivity index (χ1n) is 4.21. The maximum absolute atomic E-state index is 2.36. The van der Waals surface area contributed by atoms with E-state index in [0.29, 0.717) is 0 Å². The molecular weight excluding hydrogens is 251 g/mol. The Morgan fingerprint density at radius 3 is 2.50 bits per heavy atom. The Labute approximate surface area is 84.9 Å². The molecule has 0 aromatic heterocycles. The van der Waals surface area contributed by atoms with Crippen molar-refractivity contribution in [2.45, 2.75) is 18.3 Å². The van der Waals surface area contributed by atoms with Gasteiger partial charge >= 0.3 is 85.0 Å². The minimum atomic E-state index is -0.297. The van der Waals surface area contributed by atoms with Gasteiger partial charge in [-0.15, -0.1) is 0 Å². The van der Waals surface area contributed by atoms with Crippen molar-refractivity contribution < 1.29 is 0 Å². The van der Waals surface area contributed by atoms with Gasteiger partial charge in [-0.05, 0) is 0 Å². The first kappa shape index (κ1) is 9.84. The zero-order valence-corrected chi connectivity index (χ0v) is 10.5. The average molecular weight is 265 g/mol. The molecule has 12 heavy (non-hydrogen) atoms. The monoisotopic (exact) mass is 266 g/mol. The van der Waals surface area contributed by atoms with E-state index in [4.69, 9.17) is 0 Å². The van der Waals surface area contributed by atoms with Crippen LogP contribution in [0.25, 0.3) is 0 Å². The van der Waals surface area contributed by atoms with E-state index >= 15 is 0 Å². The van der Waals surface area contributed by atoms with Crippen LogP contribution < -0.4 is 3.58 Å². The predicted octanol–water partition coefficient (Wildman–Crippen LogP) is 2.40. The Hall–Kier alpha value is -0.241. The van der Waals surface area contributed by atoms with E-state index in [1.165, 1.54) is 10.0 Å². The summed E-state index contributed by atoms with van der Waals surface area (Å²) in [6, 6.07) is 10.9. The summed E-state index contributed by atoms with van der Waals surface area (Å²) in [5.74, 6) is 0. The second-order valence-electron chi connectivity index (χ2n) is 3.03. The summed E-state index contributed by atoms with van der Waals surface area (Å²) in [5, 5.41) is 0. The van der Waals surface area contributed by atoms with Gasteiger partial charge in [0.25, 0.3) is 0 Å². The Morgan fingerprint density at radius 1 is 1.25 bits per heavy atom. The van der Waals surface area contributed by atoms with E-state index in [0.717, 1.165) is 0 Å². The fraction of sp³-hybridized carbons (Fsp3) is 0.273. The van der Waals surface area contributed by atoms with Crippen LogP contribution in [0, 0.1) is 0 Å². The number of hydrogen-bond acceptors (Lipinski definition) is 0. The van der Waals surface area contributed by atoms with Crippen LogP contribution in [0.5, 0.6) is 0 Å². The van der Waals surface area contributed by atoms with Crippen LogP contribution in [0.3, 0.4) is 0 Å². The van der Waals surface area contributed by atoms with Gasteiger partial charge in [0.15, 0.2) is 0 Å². The Kier molecular flexibility index (Phi) is 4.44. The summed E-state index contributed by atoms with van der Waals surface area (Å²) in [6.45, 7) is 4.34. The van der Waals surface area contributed by atoms with Crippen molar-refractivity contribution in [1.82, 2.24) is 0 Å². The summed E-state index contributed by atoms with van der Waals surface area (Å²) in [5.41, 5.74) is 1.45. The Balaban J connectivity index is 2.39. The summed E-state index contributed by atoms with van der Waals surface area (Å²) >= 11 is -0.297. The van der Waals surface area contributed by atoms with Crippen LogP contribution in [-0.2, 0) is 0 Å². The molecule has 0 unspecified atom stereocenters. The van der Waals surface area contributed by atoms with Gasteiger partial charge in [0.2, 0.25) is 0 Å². The summed E-state index contributed by atoms with van der Waals surface area (Å²) in [4.78, 5) is 0. The molecule has 0 atom stereocenters. The zero-order chi connectivity index (χ0) is 8.81. The third kappa shape index (κ3) is 3.95. The van der Waals surface area contributed by atoms with E-state index in [9.17, 15) is 0 Å². The van der Waals surface area contributed by atoms with Crippen LogP contribution in [0.4, 0.5) is 0 Å². The number of allylic oxidation sites excluding steroid dienone is 2. The molecule has 0 N–H and O–H groups in total. The number of hydrogen-bond donors (Lipinski definition) is 0. The van der Waals surface area contributed by atoms with Crippen molar-refractivity contribution >= 4 is 24.7 Å². The maximum atomic E-state index is 2.36. The van der Waals surface area contributed by atoms with E-state index in [1.807, 2.05) is 0 Å². The zero-order valence-electron chi connectivity index (χ0n) is 7.67. The molecule has 1 heteroatoms. The van der Waals surface area contributed by atoms with Gasteiger partial charge < -0.3 is 0 Å². The molecule has 0 fully saturated rings. The van der Waals surface area contributed by atoms with Crippen LogP contribution in [0.1, 0.15) is 13.8 Å². The molecule has 2 radical (unpaired) electrons. The van der Waals surface area contributed by atoms with Crippen LogP contribution in [0.2, 0.25) is 4.44 Å². The average Bonchev–Trinajstić information content (AvgIpc) is 2.05. The predicted molar refractivity (Wildman–Crippen MR) is 56.1 cm³/mol. The molecule has 0 saturated carbocycles. The second-order valence-corrected chi connectivity index (χ2v) is 6.85. The van der Waals surface area contributed by atoms with Crippen molar-refractivity contribution in [2.75, 3.05) is 0 Å². The second kappa shape index (κ2) is 5.41. The van der Waals surface area contributed by atoms with Crippen LogP contribution in [-0.4, -0.2) is 21.1 Å². The molecule has 1 aromatic rings. The molecule has 0 aliphatic heterocycles. The van der Waals surface area contributed by atoms with Crippen LogP contribution in [0.15, 0.2) is 42.0 Å². The van der Waals surface area contributed by atoms with Gasteiger partial charge in [-0.3, -0.25) is 0 Å². The molecule has 0 aliphatic rings. The molecule has 0 amide bonds. The number of rotatable bonds is 3. The van der Waals surface area contributed by atoms with E-state index in [-0.39, 0.29) is 21.1 Å². The van der Waals surface area contributed by atoms with Gasteiger partial charge in [-0.2, -0.15) is 0 Å². The first-order chi connectivity index (χ1) is 5.79. The quantitative estimate of drug-likeness (QED) is 0.581. The first-order valence-corrected chi connectivity index (χ1v) is 7.66. The third-order valence-electron chi connectivity index (χ3n) is 1.59. The summed E-state index contributed by atoms with van der Waals surface area (Å²) in [7, 11) is 0. The molecule has 0 nitrogen and oxygen atoms in total. The normalized spacial score (nSPS) is 9.50. The third-order valence-corrected chi connectivity index (χ3v) is 4.87. The van der Waals surface area contributed by atoms with E-state index < -0.39 is 0 Å². The Bertz CT molecular complexity index is 245. The molecule has 0 spiro atoms. The summed E-state index contributed by atoms with van der Waals surface area (Å²) in [6.07, 6.45) is 2.36.